The number of amides is 1. The van der Waals surface area contributed by atoms with E-state index in [0.29, 0.717) is 12.2 Å². The molecule has 0 bridgehead atoms. The summed E-state index contributed by atoms with van der Waals surface area (Å²) < 4.78 is 0. The first-order chi connectivity index (χ1) is 10.6. The zero-order valence-corrected chi connectivity index (χ0v) is 13.4. The molecule has 118 valence electrons. The molecule has 4 heteroatoms. The van der Waals surface area contributed by atoms with Gasteiger partial charge in [0.05, 0.1) is 17.8 Å². The molecule has 0 N–H and O–H groups in total. The molecule has 1 aromatic carbocycles. The van der Waals surface area contributed by atoms with Crippen LogP contribution < -0.4 is 5.01 Å². The van der Waals surface area contributed by atoms with Gasteiger partial charge in [0.25, 0.3) is 0 Å². The van der Waals surface area contributed by atoms with Crippen molar-refractivity contribution in [1.29, 1.82) is 0 Å². The molecular weight excluding hydrogens is 276 g/mol. The predicted molar refractivity (Wildman–Crippen MR) is 86.3 cm³/mol. The minimum absolute atomic E-state index is 0.0436. The highest BCUT2D eigenvalue weighted by atomic mass is 16.2. The first kappa shape index (κ1) is 15.1. The van der Waals surface area contributed by atoms with Crippen LogP contribution in [0.5, 0.6) is 0 Å². The summed E-state index contributed by atoms with van der Waals surface area (Å²) in [5, 5.41) is 3.92. The van der Waals surface area contributed by atoms with Crippen LogP contribution >= 0.6 is 0 Å². The molecule has 1 heterocycles. The lowest BCUT2D eigenvalue weighted by Gasteiger charge is -2.38. The summed E-state index contributed by atoms with van der Waals surface area (Å²) >= 11 is 0. The fourth-order valence-electron chi connectivity index (χ4n) is 4.03. The number of nitrogens with zero attached hydrogens (tertiary/aromatic N) is 2. The lowest BCUT2D eigenvalue weighted by atomic mass is 9.81. The highest BCUT2D eigenvalue weighted by molar-refractivity contribution is 5.84. The minimum Gasteiger partial charge on any atom is -0.299 e. The Labute approximate surface area is 132 Å². The Kier molecular flexibility index (Phi) is 4.19. The Morgan fingerprint density at radius 2 is 1.91 bits per heavy atom. The summed E-state index contributed by atoms with van der Waals surface area (Å²) in [6, 6.07) is 10.2. The van der Waals surface area contributed by atoms with E-state index in [4.69, 9.17) is 0 Å². The third-order valence-electron chi connectivity index (χ3n) is 4.96. The molecule has 3 unspecified atom stereocenters. The van der Waals surface area contributed by atoms with Gasteiger partial charge in [-0.3, -0.25) is 19.6 Å². The molecule has 3 atom stereocenters. The number of anilines is 1. The standard InChI is InChI=1S/C18H24N2O2/c1-13-12-17(16-10-6-7-11-18(16)22)20(19(13)14(2)21)15-8-4-3-5-9-15/h3-5,8-9,13,16-17H,6-7,10-12H2,1-2H3. The average Bonchev–Trinajstić information content (AvgIpc) is 2.86. The normalized spacial score (nSPS) is 29.0. The van der Waals surface area contributed by atoms with Crippen LogP contribution in [0.2, 0.25) is 0 Å². The van der Waals surface area contributed by atoms with Gasteiger partial charge in [0, 0.05) is 19.3 Å². The molecule has 4 nitrogen and oxygen atoms in total. The largest absolute Gasteiger partial charge is 0.299 e. The first-order valence-corrected chi connectivity index (χ1v) is 8.26. The van der Waals surface area contributed by atoms with Gasteiger partial charge in [-0.2, -0.15) is 0 Å². The third-order valence-corrected chi connectivity index (χ3v) is 4.96. The van der Waals surface area contributed by atoms with Gasteiger partial charge in [0.1, 0.15) is 5.78 Å². The van der Waals surface area contributed by atoms with Gasteiger partial charge in [0.2, 0.25) is 5.91 Å². The summed E-state index contributed by atoms with van der Waals surface area (Å²) in [7, 11) is 0. The number of hydrogen-bond acceptors (Lipinski definition) is 3. The summed E-state index contributed by atoms with van der Waals surface area (Å²) in [6.07, 6.45) is 4.64. The molecule has 0 aromatic heterocycles. The van der Waals surface area contributed by atoms with Crippen LogP contribution in [0.25, 0.3) is 0 Å². The lowest BCUT2D eigenvalue weighted by Crippen LogP contribution is -2.49. The molecule has 1 aromatic rings. The molecule has 1 saturated heterocycles. The Hall–Kier alpha value is -1.84. The zero-order chi connectivity index (χ0) is 15.7. The monoisotopic (exact) mass is 300 g/mol. The number of Topliss-reactive ketones (excluding diaryl/α,β-unsaturated/α-hetero) is 1. The van der Waals surface area contributed by atoms with E-state index in [1.807, 2.05) is 35.3 Å². The van der Waals surface area contributed by atoms with E-state index < -0.39 is 0 Å². The topological polar surface area (TPSA) is 40.6 Å². The molecule has 3 rings (SSSR count). The number of ketones is 1. The summed E-state index contributed by atoms with van der Waals surface area (Å²) in [5.74, 6) is 0.470. The van der Waals surface area contributed by atoms with Crippen molar-refractivity contribution in [3.63, 3.8) is 0 Å². The Morgan fingerprint density at radius 3 is 2.55 bits per heavy atom. The maximum atomic E-state index is 12.4. The molecular formula is C18H24N2O2. The fourth-order valence-corrected chi connectivity index (χ4v) is 4.03. The van der Waals surface area contributed by atoms with Crippen molar-refractivity contribution in [1.82, 2.24) is 5.01 Å². The highest BCUT2D eigenvalue weighted by Gasteiger charge is 2.45. The van der Waals surface area contributed by atoms with Gasteiger partial charge in [-0.25, -0.2) is 0 Å². The van der Waals surface area contributed by atoms with E-state index in [1.54, 1.807) is 6.92 Å². The first-order valence-electron chi connectivity index (χ1n) is 8.26. The fraction of sp³-hybridized carbons (Fsp3) is 0.556. The Morgan fingerprint density at radius 1 is 1.18 bits per heavy atom. The smallest absolute Gasteiger partial charge is 0.238 e. The number of rotatable bonds is 2. The SMILES string of the molecule is CC(=O)N1C(C)CC(C2CCCCC2=O)N1c1ccccc1. The van der Waals surface area contributed by atoms with Crippen molar-refractivity contribution < 1.29 is 9.59 Å². The van der Waals surface area contributed by atoms with E-state index in [2.05, 4.69) is 11.9 Å². The van der Waals surface area contributed by atoms with Gasteiger partial charge in [-0.05, 0) is 38.3 Å². The summed E-state index contributed by atoms with van der Waals surface area (Å²) in [5.41, 5.74) is 1.01. The maximum Gasteiger partial charge on any atom is 0.238 e. The number of carbonyl (C=O) groups is 2. The van der Waals surface area contributed by atoms with E-state index >= 15 is 0 Å². The average molecular weight is 300 g/mol. The van der Waals surface area contributed by atoms with Gasteiger partial charge >= 0.3 is 0 Å². The van der Waals surface area contributed by atoms with Crippen molar-refractivity contribution >= 4 is 17.4 Å². The van der Waals surface area contributed by atoms with Gasteiger partial charge in [-0.15, -0.1) is 0 Å². The summed E-state index contributed by atoms with van der Waals surface area (Å²) in [4.78, 5) is 24.6. The van der Waals surface area contributed by atoms with E-state index in [1.165, 1.54) is 0 Å². The summed E-state index contributed by atoms with van der Waals surface area (Å²) in [6.45, 7) is 3.68. The van der Waals surface area contributed by atoms with Crippen LogP contribution in [0.4, 0.5) is 5.69 Å². The Balaban J connectivity index is 1.97. The quantitative estimate of drug-likeness (QED) is 0.842. The van der Waals surface area contributed by atoms with E-state index in [9.17, 15) is 9.59 Å². The molecule has 1 amide bonds. The van der Waals surface area contributed by atoms with Crippen LogP contribution in [0, 0.1) is 5.92 Å². The van der Waals surface area contributed by atoms with Crippen molar-refractivity contribution in [2.75, 3.05) is 5.01 Å². The molecule has 1 aliphatic heterocycles. The molecule has 0 spiro atoms. The highest BCUT2D eigenvalue weighted by Crippen LogP contribution is 2.38. The predicted octanol–water partition coefficient (Wildman–Crippen LogP) is 3.18. The number of para-hydroxylation sites is 1. The molecule has 1 saturated carbocycles. The van der Waals surface area contributed by atoms with Crippen LogP contribution in [0.15, 0.2) is 30.3 Å². The van der Waals surface area contributed by atoms with Gasteiger partial charge in [0.15, 0.2) is 0 Å². The number of hydrazine groups is 1. The minimum atomic E-state index is 0.0436. The van der Waals surface area contributed by atoms with Crippen LogP contribution in [-0.4, -0.2) is 28.8 Å². The van der Waals surface area contributed by atoms with Gasteiger partial charge < -0.3 is 0 Å². The van der Waals surface area contributed by atoms with Gasteiger partial charge in [-0.1, -0.05) is 24.6 Å². The number of benzene rings is 1. The second-order valence-corrected chi connectivity index (χ2v) is 6.51. The van der Waals surface area contributed by atoms with E-state index in [0.717, 1.165) is 31.4 Å². The zero-order valence-electron chi connectivity index (χ0n) is 13.4. The van der Waals surface area contributed by atoms with Crippen molar-refractivity contribution in [2.45, 2.75) is 58.0 Å². The van der Waals surface area contributed by atoms with Crippen LogP contribution in [-0.2, 0) is 9.59 Å². The van der Waals surface area contributed by atoms with Crippen LogP contribution in [0.3, 0.4) is 0 Å². The molecule has 1 aliphatic carbocycles. The molecule has 0 radical (unpaired) electrons. The third kappa shape index (κ3) is 2.62. The molecule has 2 aliphatic rings. The second kappa shape index (κ2) is 6.11. The Bertz CT molecular complexity index is 557. The van der Waals surface area contributed by atoms with Crippen molar-refractivity contribution in [2.24, 2.45) is 5.92 Å². The van der Waals surface area contributed by atoms with Crippen molar-refractivity contribution in [3.05, 3.63) is 30.3 Å². The number of carbonyl (C=O) groups excluding carboxylic acids is 2. The lowest BCUT2D eigenvalue weighted by molar-refractivity contribution is -0.131. The van der Waals surface area contributed by atoms with Crippen LogP contribution in [0.1, 0.15) is 46.0 Å². The van der Waals surface area contributed by atoms with E-state index in [-0.39, 0.29) is 23.9 Å². The second-order valence-electron chi connectivity index (χ2n) is 6.51. The van der Waals surface area contributed by atoms with Crippen molar-refractivity contribution in [3.8, 4) is 0 Å². The number of hydrogen-bond donors (Lipinski definition) is 0. The molecule has 2 fully saturated rings. The maximum absolute atomic E-state index is 12.4. The molecule has 22 heavy (non-hydrogen) atoms.